The Balaban J connectivity index is 1.40. The summed E-state index contributed by atoms with van der Waals surface area (Å²) in [6.07, 6.45) is 1.74. The summed E-state index contributed by atoms with van der Waals surface area (Å²) in [4.78, 5) is 27.3. The van der Waals surface area contributed by atoms with E-state index in [1.165, 1.54) is 0 Å². The average molecular weight is 580 g/mol. The molecule has 43 heavy (non-hydrogen) atoms. The van der Waals surface area contributed by atoms with Crippen molar-refractivity contribution < 1.29 is 14.3 Å². The predicted octanol–water partition coefficient (Wildman–Crippen LogP) is 6.85. The Morgan fingerprint density at radius 3 is 2.33 bits per heavy atom. The van der Waals surface area contributed by atoms with Crippen molar-refractivity contribution in [2.75, 3.05) is 30.3 Å². The maximum absolute atomic E-state index is 13.8. The highest BCUT2D eigenvalue weighted by atomic mass is 16.5. The number of Topliss-reactive ketones (excluding diaryl/α,β-unsaturated/α-hetero) is 1. The number of ether oxygens (including phenoxy) is 1. The van der Waals surface area contributed by atoms with E-state index >= 15 is 0 Å². The second kappa shape index (κ2) is 13.3. The molecule has 1 saturated heterocycles. The zero-order valence-electron chi connectivity index (χ0n) is 25.4. The van der Waals surface area contributed by atoms with Gasteiger partial charge in [-0.05, 0) is 74.7 Å². The van der Waals surface area contributed by atoms with Crippen molar-refractivity contribution in [3.05, 3.63) is 102 Å². The third-order valence-electron chi connectivity index (χ3n) is 7.87. The highest BCUT2D eigenvalue weighted by Crippen LogP contribution is 2.36. The first-order valence-electron chi connectivity index (χ1n) is 14.9. The Kier molecular flexibility index (Phi) is 9.26. The van der Waals surface area contributed by atoms with Crippen LogP contribution in [0, 0.1) is 12.8 Å². The van der Waals surface area contributed by atoms with Crippen LogP contribution in [-0.2, 0) is 10.2 Å². The summed E-state index contributed by atoms with van der Waals surface area (Å²) in [7, 11) is 0. The summed E-state index contributed by atoms with van der Waals surface area (Å²) in [5.41, 5.74) is 4.05. The third-order valence-corrected chi connectivity index (χ3v) is 7.87. The standard InChI is InChI=1S/C35H41N5O3/c1-24-14-16-26(17-15-24)40-32(22-31(39-40)35(2,3)4)38-34(42)37-29-13-9-8-12-28(29)33(25-18-20-36-21-19-25)30(41)23-43-27-10-6-5-7-11-27/h5-17,22,25,33,36H,18-21,23H2,1-4H3,(H2,37,38,42). The van der Waals surface area contributed by atoms with Crippen molar-refractivity contribution in [1.82, 2.24) is 15.1 Å². The van der Waals surface area contributed by atoms with E-state index in [1.807, 2.05) is 91.9 Å². The second-order valence-corrected chi connectivity index (χ2v) is 12.2. The van der Waals surface area contributed by atoms with Crippen LogP contribution in [0.25, 0.3) is 5.69 Å². The van der Waals surface area contributed by atoms with Crippen molar-refractivity contribution in [1.29, 1.82) is 0 Å². The van der Waals surface area contributed by atoms with E-state index in [0.29, 0.717) is 17.3 Å². The van der Waals surface area contributed by atoms with Crippen LogP contribution in [0.3, 0.4) is 0 Å². The van der Waals surface area contributed by atoms with Crippen LogP contribution >= 0.6 is 0 Å². The van der Waals surface area contributed by atoms with Crippen molar-refractivity contribution in [2.24, 2.45) is 5.92 Å². The number of aromatic nitrogens is 2. The molecule has 0 aliphatic carbocycles. The van der Waals surface area contributed by atoms with Crippen LogP contribution < -0.4 is 20.7 Å². The quantitative estimate of drug-likeness (QED) is 0.201. The van der Waals surface area contributed by atoms with Crippen molar-refractivity contribution >= 4 is 23.3 Å². The predicted molar refractivity (Wildman–Crippen MR) is 171 cm³/mol. The molecule has 8 heteroatoms. The first-order chi connectivity index (χ1) is 20.7. The van der Waals surface area contributed by atoms with Gasteiger partial charge in [-0.1, -0.05) is 74.9 Å². The lowest BCUT2D eigenvalue weighted by Crippen LogP contribution is -2.35. The number of aryl methyl sites for hydroxylation is 1. The molecule has 2 heterocycles. The average Bonchev–Trinajstić information content (AvgIpc) is 3.43. The minimum Gasteiger partial charge on any atom is -0.486 e. The van der Waals surface area contributed by atoms with E-state index in [1.54, 1.807) is 4.68 Å². The normalized spacial score (nSPS) is 14.6. The topological polar surface area (TPSA) is 97.3 Å². The number of anilines is 2. The molecule has 3 aromatic carbocycles. The largest absolute Gasteiger partial charge is 0.486 e. The van der Waals surface area contributed by atoms with Gasteiger partial charge in [0.15, 0.2) is 5.78 Å². The molecule has 4 aromatic rings. The first kappa shape index (κ1) is 30.0. The van der Waals surface area contributed by atoms with Gasteiger partial charge in [-0.2, -0.15) is 5.10 Å². The summed E-state index contributed by atoms with van der Waals surface area (Å²) in [6, 6.07) is 26.5. The molecule has 0 spiro atoms. The van der Waals surface area contributed by atoms with Crippen molar-refractivity contribution in [3.63, 3.8) is 0 Å². The van der Waals surface area contributed by atoms with Gasteiger partial charge in [0.25, 0.3) is 0 Å². The maximum atomic E-state index is 13.8. The number of benzene rings is 3. The van der Waals surface area contributed by atoms with E-state index in [-0.39, 0.29) is 23.7 Å². The van der Waals surface area contributed by atoms with E-state index in [9.17, 15) is 9.59 Å². The second-order valence-electron chi connectivity index (χ2n) is 12.2. The number of nitrogens with one attached hydrogen (secondary N) is 3. The van der Waals surface area contributed by atoms with Crippen molar-refractivity contribution in [3.8, 4) is 11.4 Å². The Morgan fingerprint density at radius 2 is 1.63 bits per heavy atom. The molecule has 1 aliphatic heterocycles. The molecule has 0 bridgehead atoms. The number of hydrogen-bond donors (Lipinski definition) is 3. The van der Waals surface area contributed by atoms with Gasteiger partial charge in [-0.25, -0.2) is 9.48 Å². The molecule has 2 amide bonds. The molecule has 224 valence electrons. The molecular weight excluding hydrogens is 538 g/mol. The van der Waals surface area contributed by atoms with Crippen LogP contribution in [0.2, 0.25) is 0 Å². The van der Waals surface area contributed by atoms with E-state index in [0.717, 1.165) is 48.4 Å². The molecule has 1 aliphatic rings. The molecule has 1 atom stereocenters. The van der Waals surface area contributed by atoms with Gasteiger partial charge in [0, 0.05) is 17.2 Å². The fourth-order valence-electron chi connectivity index (χ4n) is 5.50. The SMILES string of the molecule is Cc1ccc(-n2nc(C(C)(C)C)cc2NC(=O)Nc2ccccc2C(C(=O)COc2ccccc2)C2CCNCC2)cc1. The van der Waals surface area contributed by atoms with Gasteiger partial charge >= 0.3 is 6.03 Å². The van der Waals surface area contributed by atoms with E-state index in [4.69, 9.17) is 9.84 Å². The fraction of sp³-hybridized carbons (Fsp3) is 0.343. The number of rotatable bonds is 9. The minimum absolute atomic E-state index is 0.00215. The first-order valence-corrected chi connectivity index (χ1v) is 14.9. The number of hydrogen-bond acceptors (Lipinski definition) is 5. The lowest BCUT2D eigenvalue weighted by Gasteiger charge is -2.31. The molecule has 3 N–H and O–H groups in total. The molecule has 1 fully saturated rings. The number of carbonyl (C=O) groups excluding carboxylic acids is 2. The van der Waals surface area contributed by atoms with Gasteiger partial charge in [-0.3, -0.25) is 10.1 Å². The van der Waals surface area contributed by atoms with E-state index in [2.05, 4.69) is 36.7 Å². The molecular formula is C35H41N5O3. The molecule has 5 rings (SSSR count). The van der Waals surface area contributed by atoms with Gasteiger partial charge in [0.2, 0.25) is 0 Å². The summed E-state index contributed by atoms with van der Waals surface area (Å²) in [5.74, 6) is 0.943. The smallest absolute Gasteiger partial charge is 0.324 e. The Hall–Kier alpha value is -4.43. The number of ketones is 1. The van der Waals surface area contributed by atoms with Crippen LogP contribution in [-0.4, -0.2) is 41.3 Å². The van der Waals surface area contributed by atoms with Crippen LogP contribution in [0.1, 0.15) is 56.4 Å². The zero-order valence-corrected chi connectivity index (χ0v) is 25.4. The van der Waals surface area contributed by atoms with Crippen LogP contribution in [0.15, 0.2) is 84.9 Å². The minimum atomic E-state index is -0.409. The number of amides is 2. The Labute approximate surface area is 253 Å². The summed E-state index contributed by atoms with van der Waals surface area (Å²) in [5, 5.41) is 14.3. The number of urea groups is 1. The highest BCUT2D eigenvalue weighted by molar-refractivity contribution is 6.01. The van der Waals surface area contributed by atoms with Crippen LogP contribution in [0.4, 0.5) is 16.3 Å². The Morgan fingerprint density at radius 1 is 0.953 bits per heavy atom. The molecule has 1 unspecified atom stereocenters. The van der Waals surface area contributed by atoms with Gasteiger partial charge in [0.05, 0.1) is 17.3 Å². The van der Waals surface area contributed by atoms with Gasteiger partial charge in [0.1, 0.15) is 18.2 Å². The summed E-state index contributed by atoms with van der Waals surface area (Å²) < 4.78 is 7.64. The number of piperidine rings is 1. The molecule has 8 nitrogen and oxygen atoms in total. The number of para-hydroxylation sites is 2. The lowest BCUT2D eigenvalue weighted by atomic mass is 9.77. The summed E-state index contributed by atoms with van der Waals surface area (Å²) >= 11 is 0. The fourth-order valence-corrected chi connectivity index (χ4v) is 5.50. The number of carbonyl (C=O) groups is 2. The third kappa shape index (κ3) is 7.51. The highest BCUT2D eigenvalue weighted by Gasteiger charge is 2.33. The molecule has 1 aromatic heterocycles. The number of nitrogens with zero attached hydrogens (tertiary/aromatic N) is 2. The maximum Gasteiger partial charge on any atom is 0.324 e. The lowest BCUT2D eigenvalue weighted by molar-refractivity contribution is -0.123. The summed E-state index contributed by atoms with van der Waals surface area (Å²) in [6.45, 7) is 9.97. The van der Waals surface area contributed by atoms with Crippen LogP contribution in [0.5, 0.6) is 5.75 Å². The zero-order chi connectivity index (χ0) is 30.4. The van der Waals surface area contributed by atoms with Gasteiger partial charge in [-0.15, -0.1) is 0 Å². The molecule has 0 saturated carbocycles. The van der Waals surface area contributed by atoms with Crippen molar-refractivity contribution in [2.45, 2.75) is 51.9 Å². The molecule has 0 radical (unpaired) electrons. The monoisotopic (exact) mass is 579 g/mol. The van der Waals surface area contributed by atoms with E-state index < -0.39 is 11.9 Å². The van der Waals surface area contributed by atoms with Gasteiger partial charge < -0.3 is 15.4 Å². The Bertz CT molecular complexity index is 1530.